The van der Waals surface area contributed by atoms with Gasteiger partial charge in [-0.25, -0.2) is 9.59 Å². The molecule has 2 N–H and O–H groups in total. The molecule has 2 amide bonds. The highest BCUT2D eigenvalue weighted by atomic mass is 79.9. The zero-order valence-corrected chi connectivity index (χ0v) is 17.6. The number of carbonyl (C=O) groups excluding carboxylic acids is 2. The molecule has 8 heteroatoms. The molecule has 1 aromatic rings. The summed E-state index contributed by atoms with van der Waals surface area (Å²) in [6.07, 6.45) is 1.34. The third-order valence-electron chi connectivity index (χ3n) is 4.02. The quantitative estimate of drug-likeness (QED) is 0.599. The highest BCUT2D eigenvalue weighted by Gasteiger charge is 2.34. The van der Waals surface area contributed by atoms with Crippen LogP contribution < -0.4 is 20.1 Å². The summed E-state index contributed by atoms with van der Waals surface area (Å²) in [5, 5.41) is 5.56. The molecule has 1 aliphatic rings. The van der Waals surface area contributed by atoms with Crippen LogP contribution in [0.15, 0.2) is 27.9 Å². The summed E-state index contributed by atoms with van der Waals surface area (Å²) in [5.74, 6) is 0.622. The van der Waals surface area contributed by atoms with E-state index in [0.717, 1.165) is 6.42 Å². The summed E-state index contributed by atoms with van der Waals surface area (Å²) < 4.78 is 17.0. The van der Waals surface area contributed by atoms with Gasteiger partial charge in [-0.2, -0.15) is 0 Å². The van der Waals surface area contributed by atoms with Gasteiger partial charge < -0.3 is 24.8 Å². The van der Waals surface area contributed by atoms with Gasteiger partial charge >= 0.3 is 12.0 Å². The summed E-state index contributed by atoms with van der Waals surface area (Å²) in [4.78, 5) is 24.9. The summed E-state index contributed by atoms with van der Waals surface area (Å²) in [6.45, 7) is 6.30. The summed E-state index contributed by atoms with van der Waals surface area (Å²) in [5.41, 5.74) is 1.67. The number of carbonyl (C=O) groups is 2. The third-order valence-corrected chi connectivity index (χ3v) is 4.61. The van der Waals surface area contributed by atoms with Crippen LogP contribution in [0.3, 0.4) is 0 Å². The number of amides is 2. The molecule has 1 atom stereocenters. The van der Waals surface area contributed by atoms with Gasteiger partial charge in [-0.3, -0.25) is 0 Å². The van der Waals surface area contributed by atoms with Gasteiger partial charge in [-0.1, -0.05) is 13.3 Å². The lowest BCUT2D eigenvalue weighted by atomic mass is 9.93. The topological polar surface area (TPSA) is 85.9 Å². The molecule has 1 unspecified atom stereocenters. The van der Waals surface area contributed by atoms with Crippen LogP contribution in [-0.2, 0) is 9.53 Å². The number of halogens is 1. The zero-order chi connectivity index (χ0) is 20.0. The SMILES string of the molecule is CCCC1=C(C(=O)OCC)C(c2cc(Br)c(OC)c(OCC)c2)NC(=O)N1. The number of rotatable bonds is 8. The second-order valence-corrected chi connectivity index (χ2v) is 6.72. The average molecular weight is 441 g/mol. The number of esters is 1. The van der Waals surface area contributed by atoms with Crippen LogP contribution in [0.1, 0.15) is 45.2 Å². The van der Waals surface area contributed by atoms with Crippen molar-refractivity contribution in [1.82, 2.24) is 10.6 Å². The van der Waals surface area contributed by atoms with Crippen molar-refractivity contribution >= 4 is 27.9 Å². The maximum atomic E-state index is 12.7. The van der Waals surface area contributed by atoms with E-state index in [4.69, 9.17) is 14.2 Å². The molecule has 1 heterocycles. The molecule has 0 radical (unpaired) electrons. The van der Waals surface area contributed by atoms with E-state index in [1.807, 2.05) is 13.8 Å². The minimum Gasteiger partial charge on any atom is -0.492 e. The largest absolute Gasteiger partial charge is 0.492 e. The molecular formula is C19H25BrN2O5. The Kier molecular flexibility index (Phi) is 7.53. The summed E-state index contributed by atoms with van der Waals surface area (Å²) in [6, 6.07) is 2.56. The number of ether oxygens (including phenoxy) is 3. The predicted molar refractivity (Wildman–Crippen MR) is 105 cm³/mol. The lowest BCUT2D eigenvalue weighted by Crippen LogP contribution is -2.46. The van der Waals surface area contributed by atoms with Crippen LogP contribution in [0.5, 0.6) is 11.5 Å². The van der Waals surface area contributed by atoms with Crippen molar-refractivity contribution in [1.29, 1.82) is 0 Å². The maximum absolute atomic E-state index is 12.7. The number of nitrogens with one attached hydrogen (secondary N) is 2. The Morgan fingerprint density at radius 1 is 1.22 bits per heavy atom. The summed E-state index contributed by atoms with van der Waals surface area (Å²) >= 11 is 3.48. The number of hydrogen-bond acceptors (Lipinski definition) is 5. The van der Waals surface area contributed by atoms with E-state index >= 15 is 0 Å². The fraction of sp³-hybridized carbons (Fsp3) is 0.474. The van der Waals surface area contributed by atoms with E-state index in [-0.39, 0.29) is 12.6 Å². The second-order valence-electron chi connectivity index (χ2n) is 5.86. The van der Waals surface area contributed by atoms with Crippen LogP contribution in [-0.4, -0.2) is 32.3 Å². The Balaban J connectivity index is 2.60. The van der Waals surface area contributed by atoms with E-state index in [0.29, 0.717) is 45.8 Å². The Morgan fingerprint density at radius 3 is 2.56 bits per heavy atom. The molecule has 0 bridgehead atoms. The van der Waals surface area contributed by atoms with Crippen molar-refractivity contribution in [2.75, 3.05) is 20.3 Å². The Bertz CT molecular complexity index is 748. The van der Waals surface area contributed by atoms with Crippen molar-refractivity contribution in [3.63, 3.8) is 0 Å². The fourth-order valence-electron chi connectivity index (χ4n) is 2.98. The minimum absolute atomic E-state index is 0.249. The molecule has 0 aliphatic carbocycles. The molecule has 27 heavy (non-hydrogen) atoms. The molecule has 148 valence electrons. The molecule has 0 saturated carbocycles. The number of methoxy groups -OCH3 is 1. The van der Waals surface area contributed by atoms with Crippen LogP contribution >= 0.6 is 15.9 Å². The molecular weight excluding hydrogens is 416 g/mol. The van der Waals surface area contributed by atoms with E-state index in [1.54, 1.807) is 26.2 Å². The van der Waals surface area contributed by atoms with Crippen molar-refractivity contribution in [2.24, 2.45) is 0 Å². The first-order valence-electron chi connectivity index (χ1n) is 8.94. The first-order chi connectivity index (χ1) is 13.0. The van der Waals surface area contributed by atoms with Gasteiger partial charge in [0.1, 0.15) is 0 Å². The van der Waals surface area contributed by atoms with Gasteiger partial charge in [-0.05, 0) is 53.9 Å². The normalized spacial score (nSPS) is 16.5. The molecule has 2 rings (SSSR count). The van der Waals surface area contributed by atoms with E-state index in [9.17, 15) is 9.59 Å². The predicted octanol–water partition coefficient (Wildman–Crippen LogP) is 3.83. The second kappa shape index (κ2) is 9.64. The Morgan fingerprint density at radius 2 is 1.96 bits per heavy atom. The fourth-order valence-corrected chi connectivity index (χ4v) is 3.60. The first kappa shape index (κ1) is 21.1. The molecule has 1 aliphatic heterocycles. The van der Waals surface area contributed by atoms with Gasteiger partial charge in [0.15, 0.2) is 11.5 Å². The monoisotopic (exact) mass is 440 g/mol. The number of urea groups is 1. The minimum atomic E-state index is -0.652. The third kappa shape index (κ3) is 4.74. The van der Waals surface area contributed by atoms with Crippen molar-refractivity contribution < 1.29 is 23.8 Å². The van der Waals surface area contributed by atoms with Crippen molar-refractivity contribution in [3.05, 3.63) is 33.4 Å². The van der Waals surface area contributed by atoms with Crippen LogP contribution in [0.2, 0.25) is 0 Å². The van der Waals surface area contributed by atoms with Crippen molar-refractivity contribution in [3.8, 4) is 11.5 Å². The number of allylic oxidation sites excluding steroid dienone is 1. The Labute approximate surface area is 167 Å². The van der Waals surface area contributed by atoms with Crippen molar-refractivity contribution in [2.45, 2.75) is 39.7 Å². The lowest BCUT2D eigenvalue weighted by Gasteiger charge is -2.30. The smallest absolute Gasteiger partial charge is 0.338 e. The van der Waals surface area contributed by atoms with Crippen LogP contribution in [0.4, 0.5) is 4.79 Å². The van der Waals surface area contributed by atoms with Gasteiger partial charge in [-0.15, -0.1) is 0 Å². The standard InChI is InChI=1S/C19H25BrN2O5/c1-5-8-13-15(18(23)27-7-3)16(22-19(24)21-13)11-9-12(20)17(25-4)14(10-11)26-6-2/h9-10,16H,5-8H2,1-4H3,(H2,21,22,24). The van der Waals surface area contributed by atoms with Gasteiger partial charge in [0, 0.05) is 5.70 Å². The molecule has 0 aromatic heterocycles. The van der Waals surface area contributed by atoms with E-state index in [1.165, 1.54) is 0 Å². The first-order valence-corrected chi connectivity index (χ1v) is 9.73. The molecule has 1 aromatic carbocycles. The van der Waals surface area contributed by atoms with Gasteiger partial charge in [0.05, 0.1) is 36.4 Å². The molecule has 0 fully saturated rings. The Hall–Kier alpha value is -2.22. The van der Waals surface area contributed by atoms with Crippen LogP contribution in [0.25, 0.3) is 0 Å². The summed E-state index contributed by atoms with van der Waals surface area (Å²) in [7, 11) is 1.55. The average Bonchev–Trinajstić information content (AvgIpc) is 2.61. The zero-order valence-electron chi connectivity index (χ0n) is 16.0. The van der Waals surface area contributed by atoms with Crippen LogP contribution in [0, 0.1) is 0 Å². The van der Waals surface area contributed by atoms with Gasteiger partial charge in [0.25, 0.3) is 0 Å². The highest BCUT2D eigenvalue weighted by Crippen LogP contribution is 2.40. The van der Waals surface area contributed by atoms with E-state index in [2.05, 4.69) is 26.6 Å². The molecule has 0 saturated heterocycles. The van der Waals surface area contributed by atoms with Gasteiger partial charge in [0.2, 0.25) is 0 Å². The highest BCUT2D eigenvalue weighted by molar-refractivity contribution is 9.10. The number of benzene rings is 1. The van der Waals surface area contributed by atoms with E-state index < -0.39 is 12.0 Å². The molecule has 7 nitrogen and oxygen atoms in total. The lowest BCUT2D eigenvalue weighted by molar-refractivity contribution is -0.139. The molecule has 0 spiro atoms. The number of hydrogen-bond donors (Lipinski definition) is 2. The maximum Gasteiger partial charge on any atom is 0.338 e.